The van der Waals surface area contributed by atoms with Gasteiger partial charge in [0, 0.05) is 6.54 Å². The van der Waals surface area contributed by atoms with Crippen LogP contribution in [0.15, 0.2) is 0 Å². The number of amides is 2. The van der Waals surface area contributed by atoms with Gasteiger partial charge in [-0.1, -0.05) is 0 Å². The van der Waals surface area contributed by atoms with Gasteiger partial charge in [-0.15, -0.1) is 11.6 Å². The monoisotopic (exact) mass is 152 g/mol. The number of nitrogens with one attached hydrogen (secondary N) is 1. The molecule has 0 rings (SSSR count). The molecule has 0 aliphatic carbocycles. The molecule has 0 heterocycles. The fourth-order valence-electron chi connectivity index (χ4n) is 0.273. The number of carbonyl (C=O) groups is 1. The van der Waals surface area contributed by atoms with Crippen molar-refractivity contribution >= 4 is 17.6 Å². The first-order valence-corrected chi connectivity index (χ1v) is 2.97. The van der Waals surface area contributed by atoms with Gasteiger partial charge < -0.3 is 16.2 Å². The Kier molecular flexibility index (Phi) is 4.17. The lowest BCUT2D eigenvalue weighted by molar-refractivity contribution is 0.192. The van der Waals surface area contributed by atoms with Gasteiger partial charge in [-0.2, -0.15) is 0 Å². The van der Waals surface area contributed by atoms with Gasteiger partial charge in [0.05, 0.1) is 12.0 Å². The summed E-state index contributed by atoms with van der Waals surface area (Å²) in [6.07, 6.45) is -0.709. The summed E-state index contributed by atoms with van der Waals surface area (Å²) >= 11 is 5.19. The van der Waals surface area contributed by atoms with E-state index in [1.807, 2.05) is 0 Å². The zero-order valence-electron chi connectivity index (χ0n) is 4.80. The Morgan fingerprint density at radius 2 is 2.44 bits per heavy atom. The summed E-state index contributed by atoms with van der Waals surface area (Å²) in [5, 5.41) is 10.9. The predicted octanol–water partition coefficient (Wildman–Crippen LogP) is -0.746. The van der Waals surface area contributed by atoms with Crippen LogP contribution in [0.25, 0.3) is 0 Å². The third kappa shape index (κ3) is 5.39. The first kappa shape index (κ1) is 8.52. The Hall–Kier alpha value is -0.480. The van der Waals surface area contributed by atoms with E-state index in [2.05, 4.69) is 5.32 Å². The summed E-state index contributed by atoms with van der Waals surface area (Å²) in [7, 11) is 0. The molecule has 4 N–H and O–H groups in total. The van der Waals surface area contributed by atoms with Gasteiger partial charge in [-0.25, -0.2) is 4.79 Å². The van der Waals surface area contributed by atoms with Crippen LogP contribution in [0.2, 0.25) is 0 Å². The first-order chi connectivity index (χ1) is 4.16. The van der Waals surface area contributed by atoms with Crippen molar-refractivity contribution in [2.45, 2.75) is 6.10 Å². The zero-order valence-corrected chi connectivity index (χ0v) is 5.56. The second kappa shape index (κ2) is 4.40. The second-order valence-electron chi connectivity index (χ2n) is 1.55. The average molecular weight is 153 g/mol. The Morgan fingerprint density at radius 3 is 2.78 bits per heavy atom. The van der Waals surface area contributed by atoms with Crippen molar-refractivity contribution in [3.05, 3.63) is 0 Å². The first-order valence-electron chi connectivity index (χ1n) is 2.44. The largest absolute Gasteiger partial charge is 0.390 e. The number of nitrogens with two attached hydrogens (primary N) is 1. The predicted molar refractivity (Wildman–Crippen MR) is 34.3 cm³/mol. The molecule has 9 heavy (non-hydrogen) atoms. The highest BCUT2D eigenvalue weighted by Crippen LogP contribution is 1.83. The van der Waals surface area contributed by atoms with E-state index in [0.29, 0.717) is 0 Å². The van der Waals surface area contributed by atoms with Crippen molar-refractivity contribution in [3.8, 4) is 0 Å². The molecule has 54 valence electrons. The number of halogens is 1. The SMILES string of the molecule is NC(=O)NCC(O)CCl. The zero-order chi connectivity index (χ0) is 7.28. The number of primary amides is 1. The van der Waals surface area contributed by atoms with Gasteiger partial charge >= 0.3 is 6.03 Å². The van der Waals surface area contributed by atoms with Crippen molar-refractivity contribution in [2.24, 2.45) is 5.73 Å². The van der Waals surface area contributed by atoms with Crippen LogP contribution >= 0.6 is 11.6 Å². The Labute approximate surface area is 58.0 Å². The van der Waals surface area contributed by atoms with Crippen molar-refractivity contribution in [1.29, 1.82) is 0 Å². The maximum atomic E-state index is 9.98. The van der Waals surface area contributed by atoms with E-state index in [1.165, 1.54) is 0 Å². The van der Waals surface area contributed by atoms with Gasteiger partial charge in [-0.05, 0) is 0 Å². The van der Waals surface area contributed by atoms with Gasteiger partial charge in [0.15, 0.2) is 0 Å². The highest BCUT2D eigenvalue weighted by Gasteiger charge is 2.00. The maximum Gasteiger partial charge on any atom is 0.312 e. The Morgan fingerprint density at radius 1 is 1.89 bits per heavy atom. The molecule has 0 radical (unpaired) electrons. The summed E-state index contributed by atoms with van der Waals surface area (Å²) in [5.74, 6) is 0.0975. The van der Waals surface area contributed by atoms with Gasteiger partial charge in [0.1, 0.15) is 0 Å². The molecule has 0 aromatic heterocycles. The highest BCUT2D eigenvalue weighted by atomic mass is 35.5. The molecule has 0 fully saturated rings. The van der Waals surface area contributed by atoms with Crippen LogP contribution in [0.5, 0.6) is 0 Å². The van der Waals surface area contributed by atoms with Gasteiger partial charge in [-0.3, -0.25) is 0 Å². The molecule has 2 amide bonds. The molecule has 0 aliphatic heterocycles. The van der Waals surface area contributed by atoms with Crippen molar-refractivity contribution < 1.29 is 9.90 Å². The standard InChI is InChI=1S/C4H9ClN2O2/c5-1-3(8)2-7-4(6)9/h3,8H,1-2H2,(H3,6,7,9). The lowest BCUT2D eigenvalue weighted by Crippen LogP contribution is -2.36. The van der Waals surface area contributed by atoms with E-state index in [-0.39, 0.29) is 12.4 Å². The molecule has 0 saturated carbocycles. The van der Waals surface area contributed by atoms with Crippen LogP contribution < -0.4 is 11.1 Å². The molecule has 0 aromatic rings. The number of carbonyl (C=O) groups excluding carboxylic acids is 1. The van der Waals surface area contributed by atoms with Crippen LogP contribution in [0.4, 0.5) is 4.79 Å². The lowest BCUT2D eigenvalue weighted by atomic mass is 10.4. The minimum absolute atomic E-state index is 0.0975. The molecule has 1 atom stereocenters. The van der Waals surface area contributed by atoms with E-state index in [0.717, 1.165) is 0 Å². The third-order valence-corrected chi connectivity index (χ3v) is 1.05. The third-order valence-electron chi connectivity index (χ3n) is 0.690. The van der Waals surface area contributed by atoms with E-state index in [9.17, 15) is 4.79 Å². The molecule has 0 spiro atoms. The molecule has 0 aliphatic rings. The maximum absolute atomic E-state index is 9.98. The van der Waals surface area contributed by atoms with Crippen LogP contribution in [0.3, 0.4) is 0 Å². The van der Waals surface area contributed by atoms with Gasteiger partial charge in [0.25, 0.3) is 0 Å². The van der Waals surface area contributed by atoms with Crippen molar-refractivity contribution in [3.63, 3.8) is 0 Å². The minimum atomic E-state index is -0.709. The quantitative estimate of drug-likeness (QED) is 0.466. The van der Waals surface area contributed by atoms with Crippen LogP contribution in [-0.2, 0) is 0 Å². The van der Waals surface area contributed by atoms with Crippen LogP contribution in [-0.4, -0.2) is 29.7 Å². The normalized spacial score (nSPS) is 12.7. The minimum Gasteiger partial charge on any atom is -0.390 e. The summed E-state index contributed by atoms with van der Waals surface area (Å²) in [6, 6.07) is -0.654. The second-order valence-corrected chi connectivity index (χ2v) is 1.86. The number of hydrogen-bond donors (Lipinski definition) is 3. The number of urea groups is 1. The number of aliphatic hydroxyl groups excluding tert-OH is 1. The molecule has 0 saturated heterocycles. The Bertz CT molecular complexity index is 98.6. The Balaban J connectivity index is 3.16. The molecule has 0 aromatic carbocycles. The van der Waals surface area contributed by atoms with E-state index in [1.54, 1.807) is 0 Å². The molecule has 0 bridgehead atoms. The smallest absolute Gasteiger partial charge is 0.312 e. The number of aliphatic hydroxyl groups is 1. The summed E-state index contributed by atoms with van der Waals surface area (Å²) < 4.78 is 0. The fourth-order valence-corrected chi connectivity index (χ4v) is 0.382. The average Bonchev–Trinajstić information content (AvgIpc) is 1.83. The van der Waals surface area contributed by atoms with Crippen molar-refractivity contribution in [1.82, 2.24) is 5.32 Å². The lowest BCUT2D eigenvalue weighted by Gasteiger charge is -2.04. The molecule has 1 unspecified atom stereocenters. The van der Waals surface area contributed by atoms with Crippen molar-refractivity contribution in [2.75, 3.05) is 12.4 Å². The summed E-state index contributed by atoms with van der Waals surface area (Å²) in [6.45, 7) is 0.110. The van der Waals surface area contributed by atoms with E-state index in [4.69, 9.17) is 22.4 Å². The van der Waals surface area contributed by atoms with E-state index >= 15 is 0 Å². The van der Waals surface area contributed by atoms with Crippen LogP contribution in [0.1, 0.15) is 0 Å². The number of rotatable bonds is 3. The van der Waals surface area contributed by atoms with Gasteiger partial charge in [0.2, 0.25) is 0 Å². The van der Waals surface area contributed by atoms with E-state index < -0.39 is 12.1 Å². The highest BCUT2D eigenvalue weighted by molar-refractivity contribution is 6.18. The topological polar surface area (TPSA) is 75.4 Å². The van der Waals surface area contributed by atoms with Crippen LogP contribution in [0, 0.1) is 0 Å². The fraction of sp³-hybridized carbons (Fsp3) is 0.750. The molecule has 4 nitrogen and oxygen atoms in total. The number of alkyl halides is 1. The summed E-state index contributed by atoms with van der Waals surface area (Å²) in [5.41, 5.74) is 4.69. The summed E-state index contributed by atoms with van der Waals surface area (Å²) in [4.78, 5) is 9.98. The molecular formula is C4H9ClN2O2. The molecular weight excluding hydrogens is 144 g/mol. The molecule has 5 heteroatoms. The number of hydrogen-bond acceptors (Lipinski definition) is 2.